The van der Waals surface area contributed by atoms with E-state index in [0.29, 0.717) is 0 Å². The van der Waals surface area contributed by atoms with Crippen LogP contribution in [0.1, 0.15) is 0 Å². The molecular formula is C4H11NO4S. The largest absolute Gasteiger partial charge is 0.302 e. The van der Waals surface area contributed by atoms with Crippen molar-refractivity contribution >= 4 is 16.1 Å². The Bertz CT molecular complexity index is 193. The monoisotopic (exact) mass is 169 g/mol. The van der Waals surface area contributed by atoms with Crippen molar-refractivity contribution in [3.05, 3.63) is 0 Å². The second-order valence-corrected chi connectivity index (χ2v) is 5.13. The fourth-order valence-electron chi connectivity index (χ4n) is 0.268. The van der Waals surface area contributed by atoms with E-state index in [1.807, 2.05) is 0 Å². The van der Waals surface area contributed by atoms with Gasteiger partial charge in [0.1, 0.15) is 21.9 Å². The summed E-state index contributed by atoms with van der Waals surface area (Å²) in [7, 11) is -2.35. The molecule has 0 aromatic rings. The third-order valence-electron chi connectivity index (χ3n) is 1.09. The minimum absolute atomic E-state index is 0.203. The minimum Gasteiger partial charge on any atom is -0.302 e. The minimum atomic E-state index is -4.79. The predicted octanol–water partition coefficient (Wildman–Crippen LogP) is -0.572. The highest BCUT2D eigenvalue weighted by Gasteiger charge is 2.31. The van der Waals surface area contributed by atoms with Crippen molar-refractivity contribution in [2.45, 2.75) is 0 Å². The van der Waals surface area contributed by atoms with Crippen LogP contribution < -0.4 is 0 Å². The van der Waals surface area contributed by atoms with E-state index in [9.17, 15) is 9.00 Å². The lowest BCUT2D eigenvalue weighted by Gasteiger charge is -2.34. The van der Waals surface area contributed by atoms with Crippen LogP contribution in [0.5, 0.6) is 0 Å². The Morgan fingerprint density at radius 1 is 1.50 bits per heavy atom. The standard InChI is InChI=1S/C4H11NO4S/c1-5(2)10(7,8,9)4-3-6/h3H,4H2,1-2H3,(H2,7,8,9). The topological polar surface area (TPSA) is 77.8 Å². The van der Waals surface area contributed by atoms with Crippen molar-refractivity contribution in [1.29, 1.82) is 0 Å². The molecule has 0 heterocycles. The molecule has 0 spiro atoms. The Morgan fingerprint density at radius 2 is 1.90 bits per heavy atom. The molecule has 0 aromatic carbocycles. The molecule has 0 fully saturated rings. The van der Waals surface area contributed by atoms with Gasteiger partial charge in [0.15, 0.2) is 0 Å². The quantitative estimate of drug-likeness (QED) is 0.554. The van der Waals surface area contributed by atoms with Crippen LogP contribution in [0.2, 0.25) is 0 Å². The van der Waals surface area contributed by atoms with Gasteiger partial charge in [0.05, 0.1) is 0 Å². The summed E-state index contributed by atoms with van der Waals surface area (Å²) in [5.74, 6) is -0.774. The van der Waals surface area contributed by atoms with E-state index in [4.69, 9.17) is 9.11 Å². The molecule has 0 amide bonds. The average molecular weight is 169 g/mol. The van der Waals surface area contributed by atoms with Gasteiger partial charge in [-0.1, -0.05) is 0 Å². The number of nitrogens with zero attached hydrogens (tertiary/aromatic N) is 1. The zero-order chi connectivity index (χ0) is 8.44. The molecule has 0 aliphatic heterocycles. The number of hydrogen-bond donors (Lipinski definition) is 2. The van der Waals surface area contributed by atoms with Crippen LogP contribution in [0.4, 0.5) is 0 Å². The van der Waals surface area contributed by atoms with Crippen molar-refractivity contribution in [2.24, 2.45) is 0 Å². The molecule has 0 saturated heterocycles. The summed E-state index contributed by atoms with van der Waals surface area (Å²) in [4.78, 5) is 9.81. The van der Waals surface area contributed by atoms with Gasteiger partial charge >= 0.3 is 0 Å². The molecule has 0 aliphatic carbocycles. The number of hydrogen-bond acceptors (Lipinski definition) is 2. The maximum absolute atomic E-state index is 10.9. The lowest BCUT2D eigenvalue weighted by atomic mass is 10.9. The fraction of sp³-hybridized carbons (Fsp3) is 0.750. The smallest absolute Gasteiger partial charge is 0.146 e. The summed E-state index contributed by atoms with van der Waals surface area (Å²) >= 11 is 0. The second-order valence-electron chi connectivity index (χ2n) is 2.12. The van der Waals surface area contributed by atoms with E-state index in [1.165, 1.54) is 14.1 Å². The third kappa shape index (κ3) is 2.14. The second kappa shape index (κ2) is 2.39. The molecule has 0 bridgehead atoms. The van der Waals surface area contributed by atoms with Crippen molar-refractivity contribution < 1.29 is 18.1 Å². The maximum atomic E-state index is 10.9. The Labute approximate surface area is 59.2 Å². The van der Waals surface area contributed by atoms with E-state index >= 15 is 0 Å². The molecule has 2 N–H and O–H groups in total. The van der Waals surface area contributed by atoms with E-state index in [1.54, 1.807) is 0 Å². The summed E-state index contributed by atoms with van der Waals surface area (Å²) in [6.07, 6.45) is 0.203. The van der Waals surface area contributed by atoms with E-state index in [0.717, 1.165) is 4.31 Å². The first-order valence-electron chi connectivity index (χ1n) is 2.54. The molecule has 0 rings (SSSR count). The number of rotatable bonds is 3. The van der Waals surface area contributed by atoms with Crippen LogP contribution in [0.25, 0.3) is 0 Å². The molecule has 5 nitrogen and oxygen atoms in total. The van der Waals surface area contributed by atoms with Gasteiger partial charge in [-0.15, -0.1) is 0 Å². The van der Waals surface area contributed by atoms with E-state index in [-0.39, 0.29) is 6.29 Å². The summed E-state index contributed by atoms with van der Waals surface area (Å²) in [6, 6.07) is 0. The Morgan fingerprint density at radius 3 is 2.00 bits per heavy atom. The van der Waals surface area contributed by atoms with Crippen molar-refractivity contribution in [2.75, 3.05) is 19.8 Å². The Balaban J connectivity index is 4.60. The van der Waals surface area contributed by atoms with Crippen LogP contribution in [-0.2, 0) is 14.6 Å². The molecule has 0 radical (unpaired) electrons. The summed E-state index contributed by atoms with van der Waals surface area (Å²) < 4.78 is 29.3. The lowest BCUT2D eigenvalue weighted by molar-refractivity contribution is -0.106. The molecule has 0 atom stereocenters. The highest BCUT2D eigenvalue weighted by molar-refractivity contribution is 8.08. The fourth-order valence-corrected chi connectivity index (χ4v) is 0.804. The molecule has 0 unspecified atom stereocenters. The first-order valence-corrected chi connectivity index (χ1v) is 4.55. The zero-order valence-electron chi connectivity index (χ0n) is 5.85. The summed E-state index contributed by atoms with van der Waals surface area (Å²) in [5.41, 5.74) is 0. The highest BCUT2D eigenvalue weighted by atomic mass is 32.3. The van der Waals surface area contributed by atoms with Crippen molar-refractivity contribution in [3.8, 4) is 0 Å². The summed E-state index contributed by atoms with van der Waals surface area (Å²) in [5, 5.41) is 0. The van der Waals surface area contributed by atoms with Gasteiger partial charge in [0.25, 0.3) is 0 Å². The maximum Gasteiger partial charge on any atom is 0.146 e. The molecule has 0 aromatic heterocycles. The molecule has 0 saturated carbocycles. The van der Waals surface area contributed by atoms with Crippen molar-refractivity contribution in [3.63, 3.8) is 0 Å². The predicted molar refractivity (Wildman–Crippen MR) is 38.0 cm³/mol. The van der Waals surface area contributed by atoms with Crippen molar-refractivity contribution in [1.82, 2.24) is 4.31 Å². The average Bonchev–Trinajstić information content (AvgIpc) is 1.62. The van der Waals surface area contributed by atoms with Crippen LogP contribution in [0.3, 0.4) is 0 Å². The number of carbonyl (C=O) groups is 1. The van der Waals surface area contributed by atoms with Gasteiger partial charge in [0, 0.05) is 14.1 Å². The molecule has 62 valence electrons. The zero-order valence-corrected chi connectivity index (χ0v) is 6.67. The van der Waals surface area contributed by atoms with E-state index in [2.05, 4.69) is 0 Å². The van der Waals surface area contributed by atoms with E-state index < -0.39 is 15.6 Å². The highest BCUT2D eigenvalue weighted by Crippen LogP contribution is 2.16. The third-order valence-corrected chi connectivity index (χ3v) is 3.28. The first kappa shape index (κ1) is 9.70. The molecule has 0 aliphatic rings. The lowest BCUT2D eigenvalue weighted by Crippen LogP contribution is -2.48. The molecular weight excluding hydrogens is 158 g/mol. The van der Waals surface area contributed by atoms with Gasteiger partial charge in [-0.05, 0) is 0 Å². The van der Waals surface area contributed by atoms with Crippen LogP contribution in [0.15, 0.2) is 0 Å². The Kier molecular flexibility index (Phi) is 2.32. The van der Waals surface area contributed by atoms with Gasteiger partial charge in [-0.2, -0.15) is 0 Å². The van der Waals surface area contributed by atoms with Crippen LogP contribution >= 0.6 is 0 Å². The molecule has 10 heavy (non-hydrogen) atoms. The first-order chi connectivity index (χ1) is 4.28. The molecule has 6 heteroatoms. The normalized spacial score (nSPS) is 16.3. The van der Waals surface area contributed by atoms with Gasteiger partial charge in [0.2, 0.25) is 0 Å². The van der Waals surface area contributed by atoms with Gasteiger partial charge < -0.3 is 4.79 Å². The van der Waals surface area contributed by atoms with Gasteiger partial charge in [-0.25, -0.2) is 8.51 Å². The van der Waals surface area contributed by atoms with Crippen LogP contribution in [-0.4, -0.2) is 43.8 Å². The SMILES string of the molecule is CN(C)S(=O)(O)(O)CC=O. The van der Waals surface area contributed by atoms with Crippen LogP contribution in [0, 0.1) is 0 Å². The number of aldehydes is 1. The van der Waals surface area contributed by atoms with Gasteiger partial charge in [-0.3, -0.25) is 9.11 Å². The summed E-state index contributed by atoms with van der Waals surface area (Å²) in [6.45, 7) is 0. The Hall–Kier alpha value is -0.300. The number of carbonyl (C=O) groups excluding carboxylic acids is 1.